The van der Waals surface area contributed by atoms with E-state index in [0.717, 1.165) is 10.2 Å². The minimum Gasteiger partial charge on any atom is -0.356 e. The Balaban J connectivity index is 2.23. The molecule has 6 heteroatoms. The van der Waals surface area contributed by atoms with E-state index in [1.165, 1.54) is 11.3 Å². The number of alkyl halides is 2. The minimum absolute atomic E-state index is 0.381. The van der Waals surface area contributed by atoms with Crippen LogP contribution in [0.1, 0.15) is 0 Å². The lowest BCUT2D eigenvalue weighted by molar-refractivity contribution is 0.163. The quantitative estimate of drug-likeness (QED) is 0.897. The molecule has 1 aromatic heterocycles. The molecule has 0 unspecified atom stereocenters. The predicted octanol–water partition coefficient (Wildman–Crippen LogP) is 3.63. The lowest BCUT2D eigenvalue weighted by Gasteiger charge is -1.98. The lowest BCUT2D eigenvalue weighted by atomic mass is 10.3. The topological polar surface area (TPSA) is 24.9 Å². The van der Waals surface area contributed by atoms with Crippen LogP contribution in [0.4, 0.5) is 13.9 Å². The molecule has 0 amide bonds. The summed E-state index contributed by atoms with van der Waals surface area (Å²) >= 11 is 7.11. The molecule has 0 aliphatic rings. The number of halogens is 3. The molecule has 0 aliphatic heterocycles. The third-order valence-corrected chi connectivity index (χ3v) is 2.97. The van der Waals surface area contributed by atoms with Gasteiger partial charge in [-0.2, -0.15) is 0 Å². The molecule has 2 rings (SSSR count). The van der Waals surface area contributed by atoms with E-state index < -0.39 is 6.43 Å². The molecular formula is C9H7ClF2N2S. The summed E-state index contributed by atoms with van der Waals surface area (Å²) in [6.07, 6.45) is -2.37. The predicted molar refractivity (Wildman–Crippen MR) is 59.1 cm³/mol. The first-order valence-electron chi connectivity index (χ1n) is 4.23. The van der Waals surface area contributed by atoms with Gasteiger partial charge in [0.25, 0.3) is 6.43 Å². The number of benzene rings is 1. The standard InChI is InChI=1S/C9H7ClF2N2S/c10-5-1-2-6-7(3-5)15-9(14-6)13-4-8(11)12/h1-3,8H,4H2,(H,13,14). The summed E-state index contributed by atoms with van der Waals surface area (Å²) in [5.74, 6) is 0. The van der Waals surface area contributed by atoms with Crippen LogP contribution in [0.15, 0.2) is 18.2 Å². The van der Waals surface area contributed by atoms with E-state index >= 15 is 0 Å². The first kappa shape index (κ1) is 10.6. The molecule has 0 saturated heterocycles. The van der Waals surface area contributed by atoms with E-state index in [0.29, 0.717) is 10.2 Å². The zero-order valence-corrected chi connectivity index (χ0v) is 9.08. The van der Waals surface area contributed by atoms with Crippen molar-refractivity contribution < 1.29 is 8.78 Å². The molecule has 2 nitrogen and oxygen atoms in total. The lowest BCUT2D eigenvalue weighted by Crippen LogP contribution is -2.09. The molecule has 0 fully saturated rings. The van der Waals surface area contributed by atoms with E-state index in [1.807, 2.05) is 0 Å². The summed E-state index contributed by atoms with van der Waals surface area (Å²) < 4.78 is 24.8. The van der Waals surface area contributed by atoms with Crippen molar-refractivity contribution in [3.63, 3.8) is 0 Å². The summed E-state index contributed by atoms with van der Waals surface area (Å²) in [5.41, 5.74) is 0.765. The summed E-state index contributed by atoms with van der Waals surface area (Å²) in [7, 11) is 0. The van der Waals surface area contributed by atoms with Crippen molar-refractivity contribution >= 4 is 38.3 Å². The number of thiazole rings is 1. The summed E-state index contributed by atoms with van der Waals surface area (Å²) in [6, 6.07) is 5.25. The van der Waals surface area contributed by atoms with Crippen LogP contribution in [-0.2, 0) is 0 Å². The first-order valence-corrected chi connectivity index (χ1v) is 5.43. The summed E-state index contributed by atoms with van der Waals surface area (Å²) in [5, 5.41) is 3.68. The van der Waals surface area contributed by atoms with Gasteiger partial charge < -0.3 is 5.32 Å². The average Bonchev–Trinajstić information content (AvgIpc) is 2.56. The molecule has 1 aromatic carbocycles. The number of fused-ring (bicyclic) bond motifs is 1. The van der Waals surface area contributed by atoms with Crippen LogP contribution in [0.2, 0.25) is 5.02 Å². The van der Waals surface area contributed by atoms with Gasteiger partial charge in [0.1, 0.15) is 0 Å². The van der Waals surface area contributed by atoms with Crippen LogP contribution in [-0.4, -0.2) is 18.0 Å². The van der Waals surface area contributed by atoms with Gasteiger partial charge in [-0.1, -0.05) is 22.9 Å². The van der Waals surface area contributed by atoms with E-state index in [2.05, 4.69) is 10.3 Å². The smallest absolute Gasteiger partial charge is 0.255 e. The third-order valence-electron chi connectivity index (χ3n) is 1.76. The zero-order valence-electron chi connectivity index (χ0n) is 7.51. The number of aromatic nitrogens is 1. The van der Waals surface area contributed by atoms with Crippen LogP contribution >= 0.6 is 22.9 Å². The molecule has 0 spiro atoms. The fourth-order valence-corrected chi connectivity index (χ4v) is 2.29. The average molecular weight is 249 g/mol. The maximum Gasteiger partial charge on any atom is 0.255 e. The van der Waals surface area contributed by atoms with Gasteiger partial charge in [-0.15, -0.1) is 0 Å². The largest absolute Gasteiger partial charge is 0.356 e. The second kappa shape index (κ2) is 4.28. The Morgan fingerprint density at radius 1 is 1.47 bits per heavy atom. The van der Waals surface area contributed by atoms with E-state index in [9.17, 15) is 8.78 Å². The molecule has 0 aliphatic carbocycles. The fourth-order valence-electron chi connectivity index (χ4n) is 1.14. The van der Waals surface area contributed by atoms with Gasteiger partial charge in [0.15, 0.2) is 5.13 Å². The number of anilines is 1. The highest BCUT2D eigenvalue weighted by Gasteiger charge is 2.06. The van der Waals surface area contributed by atoms with Gasteiger partial charge in [-0.25, -0.2) is 13.8 Å². The van der Waals surface area contributed by atoms with Crippen molar-refractivity contribution in [3.05, 3.63) is 23.2 Å². The van der Waals surface area contributed by atoms with Crippen LogP contribution in [0, 0.1) is 0 Å². The molecule has 2 aromatic rings. The fraction of sp³-hybridized carbons (Fsp3) is 0.222. The maximum absolute atomic E-state index is 11.9. The van der Waals surface area contributed by atoms with Gasteiger partial charge >= 0.3 is 0 Å². The molecule has 0 radical (unpaired) electrons. The van der Waals surface area contributed by atoms with Gasteiger partial charge in [0, 0.05) is 5.02 Å². The van der Waals surface area contributed by atoms with Gasteiger partial charge in [-0.05, 0) is 18.2 Å². The molecule has 1 N–H and O–H groups in total. The van der Waals surface area contributed by atoms with Crippen LogP contribution in [0.5, 0.6) is 0 Å². The Labute approximate surface area is 93.9 Å². The Morgan fingerprint density at radius 3 is 3.00 bits per heavy atom. The Morgan fingerprint density at radius 2 is 2.27 bits per heavy atom. The van der Waals surface area contributed by atoms with E-state index in [1.54, 1.807) is 18.2 Å². The van der Waals surface area contributed by atoms with Crippen molar-refractivity contribution in [1.29, 1.82) is 0 Å². The van der Waals surface area contributed by atoms with Crippen LogP contribution in [0.25, 0.3) is 10.2 Å². The number of rotatable bonds is 3. The number of nitrogens with zero attached hydrogens (tertiary/aromatic N) is 1. The zero-order chi connectivity index (χ0) is 10.8. The van der Waals surface area contributed by atoms with Crippen LogP contribution in [0.3, 0.4) is 0 Å². The second-order valence-corrected chi connectivity index (χ2v) is 4.37. The highest BCUT2D eigenvalue weighted by molar-refractivity contribution is 7.22. The first-order chi connectivity index (χ1) is 7.15. The molecule has 0 bridgehead atoms. The normalized spacial score (nSPS) is 11.2. The van der Waals surface area contributed by atoms with Crippen molar-refractivity contribution in [1.82, 2.24) is 4.98 Å². The maximum atomic E-state index is 11.9. The Bertz CT molecular complexity index is 472. The van der Waals surface area contributed by atoms with Crippen molar-refractivity contribution in [2.45, 2.75) is 6.43 Å². The van der Waals surface area contributed by atoms with Gasteiger partial charge in [-0.3, -0.25) is 0 Å². The Hall–Kier alpha value is -0.940. The SMILES string of the molecule is FC(F)CNc1nc2ccc(Cl)cc2s1. The van der Waals surface area contributed by atoms with Crippen molar-refractivity contribution in [2.24, 2.45) is 0 Å². The van der Waals surface area contributed by atoms with E-state index in [4.69, 9.17) is 11.6 Å². The number of hydrogen-bond donors (Lipinski definition) is 1. The molecular weight excluding hydrogens is 242 g/mol. The summed E-state index contributed by atoms with van der Waals surface area (Å²) in [4.78, 5) is 4.14. The third kappa shape index (κ3) is 2.54. The van der Waals surface area contributed by atoms with Crippen molar-refractivity contribution in [2.75, 3.05) is 11.9 Å². The number of nitrogens with one attached hydrogen (secondary N) is 1. The van der Waals surface area contributed by atoms with Gasteiger partial charge in [0.2, 0.25) is 0 Å². The molecule has 80 valence electrons. The Kier molecular flexibility index (Phi) is 3.02. The second-order valence-electron chi connectivity index (χ2n) is 2.90. The highest BCUT2D eigenvalue weighted by Crippen LogP contribution is 2.28. The monoisotopic (exact) mass is 248 g/mol. The molecule has 15 heavy (non-hydrogen) atoms. The van der Waals surface area contributed by atoms with Gasteiger partial charge in [0.05, 0.1) is 16.8 Å². The minimum atomic E-state index is -2.37. The molecule has 1 heterocycles. The molecule has 0 saturated carbocycles. The van der Waals surface area contributed by atoms with Crippen molar-refractivity contribution in [3.8, 4) is 0 Å². The highest BCUT2D eigenvalue weighted by atomic mass is 35.5. The summed E-state index contributed by atoms with van der Waals surface area (Å²) in [6.45, 7) is -0.381. The van der Waals surface area contributed by atoms with E-state index in [-0.39, 0.29) is 6.54 Å². The number of hydrogen-bond acceptors (Lipinski definition) is 3. The van der Waals surface area contributed by atoms with Crippen LogP contribution < -0.4 is 5.32 Å². The molecule has 0 atom stereocenters.